The second-order valence-electron chi connectivity index (χ2n) is 6.06. The predicted molar refractivity (Wildman–Crippen MR) is 98.2 cm³/mol. The summed E-state index contributed by atoms with van der Waals surface area (Å²) in [6, 6.07) is 9.25. The summed E-state index contributed by atoms with van der Waals surface area (Å²) in [5.74, 6) is 1.41. The molecule has 0 aliphatic carbocycles. The van der Waals surface area contributed by atoms with Gasteiger partial charge in [-0.05, 0) is 65.2 Å². The Morgan fingerprint density at radius 3 is 2.50 bits per heavy atom. The summed E-state index contributed by atoms with van der Waals surface area (Å²) in [4.78, 5) is 22.4. The average molecular weight is 327 g/mol. The number of nitrogens with one attached hydrogen (secondary N) is 2. The number of aromatic nitrogens is 2. The molecular weight excluding hydrogens is 302 g/mol. The number of nitrogens with zero attached hydrogens (tertiary/aromatic N) is 3. The van der Waals surface area contributed by atoms with Gasteiger partial charge in [-0.2, -0.15) is 4.98 Å². The molecule has 128 valence electrons. The van der Waals surface area contributed by atoms with E-state index < -0.39 is 0 Å². The molecule has 0 aliphatic heterocycles. The number of hydrogen-bond acceptors (Lipinski definition) is 6. The molecule has 0 bridgehead atoms. The van der Waals surface area contributed by atoms with Crippen molar-refractivity contribution in [3.8, 4) is 0 Å². The molecular formula is C18H25N5O. The lowest BCUT2D eigenvalue weighted by atomic mass is 10.1. The molecule has 0 amide bonds. The molecule has 2 aromatic rings. The van der Waals surface area contributed by atoms with Gasteiger partial charge in [-0.1, -0.05) is 0 Å². The first-order valence-electron chi connectivity index (χ1n) is 8.06. The van der Waals surface area contributed by atoms with Crippen molar-refractivity contribution in [3.63, 3.8) is 0 Å². The Hall–Kier alpha value is -2.47. The van der Waals surface area contributed by atoms with Gasteiger partial charge in [0.2, 0.25) is 5.95 Å². The Morgan fingerprint density at radius 2 is 1.88 bits per heavy atom. The summed E-state index contributed by atoms with van der Waals surface area (Å²) in [5, 5.41) is 6.51. The van der Waals surface area contributed by atoms with Crippen LogP contribution in [0.2, 0.25) is 0 Å². The fraction of sp³-hybridized carbons (Fsp3) is 0.389. The largest absolute Gasteiger partial charge is 0.354 e. The molecule has 6 nitrogen and oxygen atoms in total. The Bertz CT molecular complexity index is 682. The lowest BCUT2D eigenvalue weighted by Crippen LogP contribution is -2.17. The molecule has 0 saturated carbocycles. The van der Waals surface area contributed by atoms with Crippen molar-refractivity contribution >= 4 is 23.2 Å². The van der Waals surface area contributed by atoms with Gasteiger partial charge in [0.05, 0.1) is 0 Å². The maximum Gasteiger partial charge on any atom is 0.224 e. The van der Waals surface area contributed by atoms with E-state index in [9.17, 15) is 4.79 Å². The molecule has 1 aromatic carbocycles. The topological polar surface area (TPSA) is 70.2 Å². The van der Waals surface area contributed by atoms with Crippen LogP contribution in [0.1, 0.15) is 29.4 Å². The predicted octanol–water partition coefficient (Wildman–Crippen LogP) is 3.09. The molecule has 1 heterocycles. The first-order chi connectivity index (χ1) is 11.4. The molecule has 2 rings (SSSR count). The molecule has 0 spiro atoms. The zero-order valence-corrected chi connectivity index (χ0v) is 14.8. The van der Waals surface area contributed by atoms with Gasteiger partial charge in [0, 0.05) is 29.6 Å². The van der Waals surface area contributed by atoms with Crippen LogP contribution in [0.4, 0.5) is 17.5 Å². The monoisotopic (exact) mass is 327 g/mol. The molecule has 24 heavy (non-hydrogen) atoms. The number of carbonyl (C=O) groups excluding carboxylic acids is 1. The minimum Gasteiger partial charge on any atom is -0.354 e. The summed E-state index contributed by atoms with van der Waals surface area (Å²) in [6.07, 6.45) is 1.03. The normalized spacial score (nSPS) is 10.7. The van der Waals surface area contributed by atoms with Gasteiger partial charge in [0.1, 0.15) is 5.82 Å². The van der Waals surface area contributed by atoms with Crippen LogP contribution in [-0.2, 0) is 0 Å². The summed E-state index contributed by atoms with van der Waals surface area (Å²) >= 11 is 0. The van der Waals surface area contributed by atoms with Crippen molar-refractivity contribution in [2.24, 2.45) is 0 Å². The summed E-state index contributed by atoms with van der Waals surface area (Å²) < 4.78 is 0. The quantitative estimate of drug-likeness (QED) is 0.573. The third-order valence-corrected chi connectivity index (χ3v) is 3.48. The van der Waals surface area contributed by atoms with Crippen LogP contribution < -0.4 is 10.6 Å². The minimum absolute atomic E-state index is 0.0589. The van der Waals surface area contributed by atoms with Gasteiger partial charge in [0.15, 0.2) is 5.78 Å². The lowest BCUT2D eigenvalue weighted by molar-refractivity contribution is 0.101. The van der Waals surface area contributed by atoms with Crippen molar-refractivity contribution in [1.82, 2.24) is 14.9 Å². The van der Waals surface area contributed by atoms with Crippen molar-refractivity contribution in [2.75, 3.05) is 37.8 Å². The zero-order valence-electron chi connectivity index (χ0n) is 14.8. The Balaban J connectivity index is 2.00. The highest BCUT2D eigenvalue weighted by Gasteiger charge is 2.04. The fourth-order valence-electron chi connectivity index (χ4n) is 2.24. The summed E-state index contributed by atoms with van der Waals surface area (Å²) in [7, 11) is 4.12. The average Bonchev–Trinajstić information content (AvgIpc) is 2.51. The molecule has 0 aliphatic rings. The Labute approximate surface area is 143 Å². The molecule has 0 atom stereocenters. The maximum absolute atomic E-state index is 11.3. The van der Waals surface area contributed by atoms with E-state index in [0.717, 1.165) is 36.7 Å². The number of hydrogen-bond donors (Lipinski definition) is 2. The van der Waals surface area contributed by atoms with E-state index >= 15 is 0 Å². The van der Waals surface area contributed by atoms with Gasteiger partial charge in [-0.25, -0.2) is 4.98 Å². The second-order valence-corrected chi connectivity index (χ2v) is 6.06. The van der Waals surface area contributed by atoms with Crippen LogP contribution >= 0.6 is 0 Å². The van der Waals surface area contributed by atoms with Crippen molar-refractivity contribution < 1.29 is 4.79 Å². The highest BCUT2D eigenvalue weighted by Crippen LogP contribution is 2.17. The van der Waals surface area contributed by atoms with Crippen molar-refractivity contribution in [3.05, 3.63) is 41.6 Å². The van der Waals surface area contributed by atoms with Crippen LogP contribution in [0, 0.1) is 6.92 Å². The first kappa shape index (κ1) is 17.9. The van der Waals surface area contributed by atoms with Gasteiger partial charge in [0.25, 0.3) is 0 Å². The number of rotatable bonds is 8. The van der Waals surface area contributed by atoms with E-state index in [2.05, 4.69) is 39.6 Å². The van der Waals surface area contributed by atoms with E-state index in [1.807, 2.05) is 25.1 Å². The SMILES string of the molecule is CC(=O)c1ccc(Nc2cc(C)nc(NCCCN(C)C)n2)cc1. The number of carbonyl (C=O) groups is 1. The van der Waals surface area contributed by atoms with Crippen LogP contribution in [0.3, 0.4) is 0 Å². The fourth-order valence-corrected chi connectivity index (χ4v) is 2.24. The van der Waals surface area contributed by atoms with E-state index in [0.29, 0.717) is 11.5 Å². The number of anilines is 3. The molecule has 0 fully saturated rings. The van der Waals surface area contributed by atoms with Gasteiger partial charge >= 0.3 is 0 Å². The van der Waals surface area contributed by atoms with Crippen LogP contribution in [0.5, 0.6) is 0 Å². The smallest absolute Gasteiger partial charge is 0.224 e. The highest BCUT2D eigenvalue weighted by atomic mass is 16.1. The first-order valence-corrected chi connectivity index (χ1v) is 8.06. The maximum atomic E-state index is 11.3. The number of aryl methyl sites for hydroxylation is 1. The number of ketones is 1. The third-order valence-electron chi connectivity index (χ3n) is 3.48. The van der Waals surface area contributed by atoms with Gasteiger partial charge < -0.3 is 15.5 Å². The molecule has 0 radical (unpaired) electrons. The standard InChI is InChI=1S/C18H25N5O/c1-13-12-17(21-16-8-6-15(7-9-16)14(2)24)22-18(20-13)19-10-5-11-23(3)4/h6-9,12H,5,10-11H2,1-4H3,(H2,19,20,21,22). The molecule has 1 aromatic heterocycles. The zero-order chi connectivity index (χ0) is 17.5. The summed E-state index contributed by atoms with van der Waals surface area (Å²) in [6.45, 7) is 5.35. The Kier molecular flexibility index (Phi) is 6.26. The van der Waals surface area contributed by atoms with E-state index in [1.165, 1.54) is 0 Å². The second kappa shape index (κ2) is 8.40. The number of benzene rings is 1. The van der Waals surface area contributed by atoms with Crippen LogP contribution in [-0.4, -0.2) is 47.8 Å². The number of Topliss-reactive ketones (excluding diaryl/α,β-unsaturated/α-hetero) is 1. The van der Waals surface area contributed by atoms with Crippen molar-refractivity contribution in [2.45, 2.75) is 20.3 Å². The summed E-state index contributed by atoms with van der Waals surface area (Å²) in [5.41, 5.74) is 2.47. The van der Waals surface area contributed by atoms with E-state index in [1.54, 1.807) is 19.1 Å². The van der Waals surface area contributed by atoms with Gasteiger partial charge in [-0.15, -0.1) is 0 Å². The van der Waals surface area contributed by atoms with E-state index in [-0.39, 0.29) is 5.78 Å². The molecule has 0 unspecified atom stereocenters. The Morgan fingerprint density at radius 1 is 1.17 bits per heavy atom. The van der Waals surface area contributed by atoms with Crippen LogP contribution in [0.25, 0.3) is 0 Å². The van der Waals surface area contributed by atoms with Gasteiger partial charge in [-0.3, -0.25) is 4.79 Å². The van der Waals surface area contributed by atoms with Crippen LogP contribution in [0.15, 0.2) is 30.3 Å². The molecule has 2 N–H and O–H groups in total. The molecule has 0 saturated heterocycles. The third kappa shape index (κ3) is 5.62. The highest BCUT2D eigenvalue weighted by molar-refractivity contribution is 5.94. The van der Waals surface area contributed by atoms with Crippen molar-refractivity contribution in [1.29, 1.82) is 0 Å². The molecule has 6 heteroatoms. The van der Waals surface area contributed by atoms with E-state index in [4.69, 9.17) is 0 Å². The minimum atomic E-state index is 0.0589. The lowest BCUT2D eigenvalue weighted by Gasteiger charge is -2.12.